The third-order valence-electron chi connectivity index (χ3n) is 3.52. The first-order chi connectivity index (χ1) is 9.74. The predicted octanol–water partition coefficient (Wildman–Crippen LogP) is 3.23. The number of rotatable bonds is 12. The van der Waals surface area contributed by atoms with Gasteiger partial charge in [0.2, 0.25) is 0 Å². The van der Waals surface area contributed by atoms with E-state index in [9.17, 15) is 0 Å². The van der Waals surface area contributed by atoms with Crippen molar-refractivity contribution >= 4 is 0 Å². The van der Waals surface area contributed by atoms with Gasteiger partial charge < -0.3 is 14.6 Å². The summed E-state index contributed by atoms with van der Waals surface area (Å²) in [7, 11) is 1.73. The molecular formula is C16H31N3O. The summed E-state index contributed by atoms with van der Waals surface area (Å²) in [5.41, 5.74) is 1.27. The van der Waals surface area contributed by atoms with E-state index in [4.69, 9.17) is 4.74 Å². The number of unbranched alkanes of at least 4 members (excludes halogenated alkanes) is 3. The van der Waals surface area contributed by atoms with Crippen LogP contribution in [0, 0.1) is 5.92 Å². The predicted molar refractivity (Wildman–Crippen MR) is 83.7 cm³/mol. The van der Waals surface area contributed by atoms with Crippen LogP contribution in [0.15, 0.2) is 12.5 Å². The van der Waals surface area contributed by atoms with Crippen LogP contribution >= 0.6 is 0 Å². The van der Waals surface area contributed by atoms with Gasteiger partial charge in [0.05, 0.1) is 18.6 Å². The number of ether oxygens (including phenoxy) is 1. The van der Waals surface area contributed by atoms with Crippen molar-refractivity contribution in [3.05, 3.63) is 18.2 Å². The van der Waals surface area contributed by atoms with E-state index >= 15 is 0 Å². The van der Waals surface area contributed by atoms with Crippen molar-refractivity contribution in [1.82, 2.24) is 14.9 Å². The highest BCUT2D eigenvalue weighted by molar-refractivity contribution is 4.97. The van der Waals surface area contributed by atoms with Gasteiger partial charge in [-0.1, -0.05) is 39.5 Å². The summed E-state index contributed by atoms with van der Waals surface area (Å²) in [6, 6.07) is 0. The van der Waals surface area contributed by atoms with Gasteiger partial charge in [0.1, 0.15) is 0 Å². The maximum Gasteiger partial charge on any atom is 0.0948 e. The highest BCUT2D eigenvalue weighted by Crippen LogP contribution is 2.10. The molecule has 0 aliphatic heterocycles. The first-order valence-corrected chi connectivity index (χ1v) is 7.92. The van der Waals surface area contributed by atoms with Crippen LogP contribution in [-0.4, -0.2) is 29.8 Å². The van der Waals surface area contributed by atoms with Gasteiger partial charge in [-0.15, -0.1) is 0 Å². The fourth-order valence-corrected chi connectivity index (χ4v) is 2.28. The molecule has 0 atom stereocenters. The summed E-state index contributed by atoms with van der Waals surface area (Å²) in [4.78, 5) is 4.25. The minimum Gasteiger partial charge on any atom is -0.383 e. The van der Waals surface area contributed by atoms with Crippen molar-refractivity contribution < 1.29 is 4.74 Å². The quantitative estimate of drug-likeness (QED) is 0.598. The summed E-state index contributed by atoms with van der Waals surface area (Å²) in [5, 5.41) is 3.37. The molecular weight excluding hydrogens is 250 g/mol. The third kappa shape index (κ3) is 7.65. The fraction of sp³-hybridized carbons (Fsp3) is 0.812. The maximum atomic E-state index is 5.03. The molecule has 0 saturated heterocycles. The van der Waals surface area contributed by atoms with E-state index in [1.807, 2.05) is 12.5 Å². The number of methoxy groups -OCH3 is 1. The molecule has 116 valence electrons. The summed E-state index contributed by atoms with van der Waals surface area (Å²) in [5.74, 6) is 0.841. The van der Waals surface area contributed by atoms with Crippen LogP contribution in [0.25, 0.3) is 0 Å². The molecule has 0 unspecified atom stereocenters. The average Bonchev–Trinajstić information content (AvgIpc) is 2.86. The second-order valence-electron chi connectivity index (χ2n) is 5.84. The molecule has 4 nitrogen and oxygen atoms in total. The molecule has 1 aromatic heterocycles. The summed E-state index contributed by atoms with van der Waals surface area (Å²) >= 11 is 0. The molecule has 0 bridgehead atoms. The Labute approximate surface area is 123 Å². The lowest BCUT2D eigenvalue weighted by molar-refractivity contribution is 0.199. The van der Waals surface area contributed by atoms with E-state index in [-0.39, 0.29) is 0 Å². The van der Waals surface area contributed by atoms with E-state index in [0.29, 0.717) is 0 Å². The van der Waals surface area contributed by atoms with E-state index in [0.717, 1.165) is 32.2 Å². The third-order valence-corrected chi connectivity index (χ3v) is 3.52. The Kier molecular flexibility index (Phi) is 9.33. The van der Waals surface area contributed by atoms with Crippen molar-refractivity contribution in [1.29, 1.82) is 0 Å². The molecule has 4 heteroatoms. The topological polar surface area (TPSA) is 39.1 Å². The molecule has 0 spiro atoms. The largest absolute Gasteiger partial charge is 0.383 e. The van der Waals surface area contributed by atoms with Gasteiger partial charge in [0.25, 0.3) is 0 Å². The molecule has 0 aliphatic rings. The summed E-state index contributed by atoms with van der Waals surface area (Å²) < 4.78 is 7.29. The van der Waals surface area contributed by atoms with Crippen LogP contribution < -0.4 is 5.32 Å². The zero-order valence-corrected chi connectivity index (χ0v) is 13.4. The van der Waals surface area contributed by atoms with Gasteiger partial charge in [-0.25, -0.2) is 4.98 Å². The number of hydrogen-bond acceptors (Lipinski definition) is 3. The molecule has 0 fully saturated rings. The molecule has 0 radical (unpaired) electrons. The van der Waals surface area contributed by atoms with Crippen molar-refractivity contribution in [3.8, 4) is 0 Å². The standard InChI is InChI=1S/C16H31N3O/c1-15(2)8-6-4-5-7-10-19-14-18-13-16(19)12-17-9-11-20-3/h13-15,17H,4-12H2,1-3H3. The van der Waals surface area contributed by atoms with Crippen LogP contribution in [0.2, 0.25) is 0 Å². The van der Waals surface area contributed by atoms with Crippen LogP contribution in [-0.2, 0) is 17.8 Å². The van der Waals surface area contributed by atoms with Crippen LogP contribution in [0.1, 0.15) is 51.6 Å². The fourth-order valence-electron chi connectivity index (χ4n) is 2.28. The molecule has 1 heterocycles. The van der Waals surface area contributed by atoms with Crippen molar-refractivity contribution in [2.75, 3.05) is 20.3 Å². The van der Waals surface area contributed by atoms with Gasteiger partial charge in [0, 0.05) is 32.9 Å². The lowest BCUT2D eigenvalue weighted by atomic mass is 10.0. The zero-order valence-electron chi connectivity index (χ0n) is 13.4. The Morgan fingerprint density at radius 3 is 2.80 bits per heavy atom. The Morgan fingerprint density at radius 2 is 2.05 bits per heavy atom. The van der Waals surface area contributed by atoms with E-state index in [1.165, 1.54) is 37.8 Å². The monoisotopic (exact) mass is 281 g/mol. The van der Waals surface area contributed by atoms with Crippen LogP contribution in [0.5, 0.6) is 0 Å². The first kappa shape index (κ1) is 17.2. The second-order valence-corrected chi connectivity index (χ2v) is 5.84. The Balaban J connectivity index is 2.12. The summed E-state index contributed by atoms with van der Waals surface area (Å²) in [6.45, 7) is 8.20. The van der Waals surface area contributed by atoms with Gasteiger partial charge in [-0.3, -0.25) is 0 Å². The molecule has 0 amide bonds. The molecule has 1 rings (SSSR count). The number of nitrogens with zero attached hydrogens (tertiary/aromatic N) is 2. The van der Waals surface area contributed by atoms with Gasteiger partial charge >= 0.3 is 0 Å². The summed E-state index contributed by atoms with van der Waals surface area (Å²) in [6.07, 6.45) is 10.6. The number of aromatic nitrogens is 2. The SMILES string of the molecule is COCCNCc1cncn1CCCCCCC(C)C. The molecule has 20 heavy (non-hydrogen) atoms. The zero-order chi connectivity index (χ0) is 14.6. The Hall–Kier alpha value is -0.870. The van der Waals surface area contributed by atoms with E-state index < -0.39 is 0 Å². The maximum absolute atomic E-state index is 5.03. The molecule has 1 aromatic rings. The molecule has 1 N–H and O–H groups in total. The minimum absolute atomic E-state index is 0.754. The molecule has 0 saturated carbocycles. The van der Waals surface area contributed by atoms with E-state index in [1.54, 1.807) is 7.11 Å². The first-order valence-electron chi connectivity index (χ1n) is 7.92. The molecule has 0 aliphatic carbocycles. The smallest absolute Gasteiger partial charge is 0.0948 e. The van der Waals surface area contributed by atoms with E-state index in [2.05, 4.69) is 28.7 Å². The lowest BCUT2D eigenvalue weighted by Crippen LogP contribution is -2.20. The minimum atomic E-state index is 0.754. The molecule has 0 aromatic carbocycles. The van der Waals surface area contributed by atoms with Crippen LogP contribution in [0.3, 0.4) is 0 Å². The Bertz CT molecular complexity index is 336. The van der Waals surface area contributed by atoms with Gasteiger partial charge in [0.15, 0.2) is 0 Å². The second kappa shape index (κ2) is 10.9. The highest BCUT2D eigenvalue weighted by Gasteiger charge is 2.01. The van der Waals surface area contributed by atoms with Crippen molar-refractivity contribution in [3.63, 3.8) is 0 Å². The number of hydrogen-bond donors (Lipinski definition) is 1. The number of nitrogens with one attached hydrogen (secondary N) is 1. The van der Waals surface area contributed by atoms with Gasteiger partial charge in [-0.05, 0) is 12.3 Å². The number of imidazole rings is 1. The van der Waals surface area contributed by atoms with Crippen molar-refractivity contribution in [2.24, 2.45) is 5.92 Å². The normalized spacial score (nSPS) is 11.4. The number of aryl methyl sites for hydroxylation is 1. The lowest BCUT2D eigenvalue weighted by Gasteiger charge is -2.09. The van der Waals surface area contributed by atoms with Crippen LogP contribution in [0.4, 0.5) is 0 Å². The van der Waals surface area contributed by atoms with Gasteiger partial charge in [-0.2, -0.15) is 0 Å². The Morgan fingerprint density at radius 1 is 1.25 bits per heavy atom. The van der Waals surface area contributed by atoms with Crippen molar-refractivity contribution in [2.45, 2.75) is 59.0 Å². The average molecular weight is 281 g/mol. The highest BCUT2D eigenvalue weighted by atomic mass is 16.5.